The Morgan fingerprint density at radius 2 is 1.93 bits per heavy atom. The smallest absolute Gasteiger partial charge is 0.0542 e. The summed E-state index contributed by atoms with van der Waals surface area (Å²) in [6.07, 6.45) is 2.22. The van der Waals surface area contributed by atoms with Gasteiger partial charge in [-0.3, -0.25) is 0 Å². The minimum atomic E-state index is 0.106. The van der Waals surface area contributed by atoms with E-state index in [0.29, 0.717) is 5.92 Å². The van der Waals surface area contributed by atoms with Gasteiger partial charge in [-0.25, -0.2) is 0 Å². The average molecular weight is 338 g/mol. The Hall–Kier alpha value is 0.200. The lowest BCUT2D eigenvalue weighted by Gasteiger charge is -2.21. The molecule has 0 heterocycles. The SMILES string of the molecule is CCC(CC)C(N)c1ccc(I)c(Cl)c1. The summed E-state index contributed by atoms with van der Waals surface area (Å²) in [5.41, 5.74) is 7.37. The number of nitrogens with two attached hydrogens (primary N) is 1. The molecule has 0 aromatic heterocycles. The molecule has 15 heavy (non-hydrogen) atoms. The highest BCUT2D eigenvalue weighted by atomic mass is 127. The van der Waals surface area contributed by atoms with Crippen LogP contribution in [0.4, 0.5) is 0 Å². The van der Waals surface area contributed by atoms with E-state index in [0.717, 1.165) is 27.0 Å². The molecule has 1 unspecified atom stereocenters. The van der Waals surface area contributed by atoms with Crippen LogP contribution in [0.5, 0.6) is 0 Å². The van der Waals surface area contributed by atoms with Gasteiger partial charge in [-0.05, 0) is 46.2 Å². The number of halogens is 2. The van der Waals surface area contributed by atoms with Crippen LogP contribution in [0.25, 0.3) is 0 Å². The molecule has 1 rings (SSSR count). The van der Waals surface area contributed by atoms with E-state index in [1.807, 2.05) is 12.1 Å². The first kappa shape index (κ1) is 13.3. The molecular weight excluding hydrogens is 320 g/mol. The highest BCUT2D eigenvalue weighted by Crippen LogP contribution is 2.28. The summed E-state index contributed by atoms with van der Waals surface area (Å²) in [5.74, 6) is 0.543. The fourth-order valence-electron chi connectivity index (χ4n) is 1.79. The molecule has 0 aliphatic rings. The first-order chi connectivity index (χ1) is 7.10. The molecule has 1 atom stereocenters. The maximum Gasteiger partial charge on any atom is 0.0542 e. The van der Waals surface area contributed by atoms with E-state index in [2.05, 4.69) is 42.5 Å². The van der Waals surface area contributed by atoms with Crippen molar-refractivity contribution in [1.29, 1.82) is 0 Å². The lowest BCUT2D eigenvalue weighted by Crippen LogP contribution is -2.20. The predicted octanol–water partition coefficient (Wildman–Crippen LogP) is 4.38. The molecule has 1 nitrogen and oxygen atoms in total. The standard InChI is InChI=1S/C12H17ClIN/c1-3-8(4-2)12(15)9-5-6-11(14)10(13)7-9/h5-8,12H,3-4,15H2,1-2H3. The van der Waals surface area contributed by atoms with Gasteiger partial charge in [-0.2, -0.15) is 0 Å². The van der Waals surface area contributed by atoms with E-state index >= 15 is 0 Å². The van der Waals surface area contributed by atoms with E-state index in [-0.39, 0.29) is 6.04 Å². The molecule has 0 amide bonds. The highest BCUT2D eigenvalue weighted by molar-refractivity contribution is 14.1. The van der Waals surface area contributed by atoms with Gasteiger partial charge in [-0.15, -0.1) is 0 Å². The van der Waals surface area contributed by atoms with E-state index in [4.69, 9.17) is 17.3 Å². The van der Waals surface area contributed by atoms with Crippen molar-refractivity contribution < 1.29 is 0 Å². The molecule has 84 valence electrons. The summed E-state index contributed by atoms with van der Waals surface area (Å²) in [5, 5.41) is 0.800. The van der Waals surface area contributed by atoms with Gasteiger partial charge >= 0.3 is 0 Å². The highest BCUT2D eigenvalue weighted by Gasteiger charge is 2.16. The van der Waals surface area contributed by atoms with Crippen LogP contribution in [0.15, 0.2) is 18.2 Å². The second kappa shape index (κ2) is 6.06. The van der Waals surface area contributed by atoms with Crippen molar-refractivity contribution in [2.75, 3.05) is 0 Å². The van der Waals surface area contributed by atoms with Gasteiger partial charge < -0.3 is 5.73 Å². The fraction of sp³-hybridized carbons (Fsp3) is 0.500. The Bertz CT molecular complexity index is 323. The number of hydrogen-bond donors (Lipinski definition) is 1. The number of rotatable bonds is 4. The lowest BCUT2D eigenvalue weighted by molar-refractivity contribution is 0.405. The van der Waals surface area contributed by atoms with E-state index < -0.39 is 0 Å². The van der Waals surface area contributed by atoms with Gasteiger partial charge in [0, 0.05) is 9.61 Å². The second-order valence-electron chi connectivity index (χ2n) is 3.78. The van der Waals surface area contributed by atoms with Crippen molar-refractivity contribution >= 4 is 34.2 Å². The maximum atomic E-state index is 6.22. The zero-order valence-corrected chi connectivity index (χ0v) is 12.0. The molecule has 0 fully saturated rings. The summed E-state index contributed by atoms with van der Waals surface area (Å²) >= 11 is 8.31. The summed E-state index contributed by atoms with van der Waals surface area (Å²) in [4.78, 5) is 0. The van der Waals surface area contributed by atoms with Crippen molar-refractivity contribution in [3.63, 3.8) is 0 Å². The quantitative estimate of drug-likeness (QED) is 0.811. The third-order valence-corrected chi connectivity index (χ3v) is 4.46. The largest absolute Gasteiger partial charge is 0.324 e. The molecule has 3 heteroatoms. The molecule has 0 radical (unpaired) electrons. The van der Waals surface area contributed by atoms with Gasteiger partial charge in [0.2, 0.25) is 0 Å². The average Bonchev–Trinajstić information content (AvgIpc) is 2.23. The molecule has 0 spiro atoms. The topological polar surface area (TPSA) is 26.0 Å². The van der Waals surface area contributed by atoms with Crippen LogP contribution in [-0.4, -0.2) is 0 Å². The van der Waals surface area contributed by atoms with Crippen molar-refractivity contribution in [3.05, 3.63) is 32.4 Å². The van der Waals surface area contributed by atoms with Crippen molar-refractivity contribution in [2.24, 2.45) is 11.7 Å². The van der Waals surface area contributed by atoms with Crippen molar-refractivity contribution in [2.45, 2.75) is 32.7 Å². The van der Waals surface area contributed by atoms with Crippen molar-refractivity contribution in [3.8, 4) is 0 Å². The zero-order chi connectivity index (χ0) is 11.4. The summed E-state index contributed by atoms with van der Waals surface area (Å²) < 4.78 is 1.08. The normalized spacial score (nSPS) is 13.2. The van der Waals surface area contributed by atoms with Crippen LogP contribution in [0.2, 0.25) is 5.02 Å². The monoisotopic (exact) mass is 337 g/mol. The lowest BCUT2D eigenvalue weighted by atomic mass is 9.90. The Morgan fingerprint density at radius 3 is 2.40 bits per heavy atom. The van der Waals surface area contributed by atoms with Crippen LogP contribution < -0.4 is 5.73 Å². The van der Waals surface area contributed by atoms with E-state index in [1.165, 1.54) is 0 Å². The van der Waals surface area contributed by atoms with Crippen LogP contribution in [0.1, 0.15) is 38.3 Å². The first-order valence-electron chi connectivity index (χ1n) is 5.30. The number of benzene rings is 1. The minimum Gasteiger partial charge on any atom is -0.324 e. The van der Waals surface area contributed by atoms with Crippen LogP contribution >= 0.6 is 34.2 Å². The minimum absolute atomic E-state index is 0.106. The molecule has 1 aromatic rings. The van der Waals surface area contributed by atoms with E-state index in [1.54, 1.807) is 0 Å². The summed E-state index contributed by atoms with van der Waals surface area (Å²) in [6.45, 7) is 4.37. The van der Waals surface area contributed by atoms with Crippen molar-refractivity contribution in [1.82, 2.24) is 0 Å². The Balaban J connectivity index is 2.90. The molecule has 0 aliphatic carbocycles. The molecule has 1 aromatic carbocycles. The van der Waals surface area contributed by atoms with Gasteiger partial charge in [0.15, 0.2) is 0 Å². The van der Waals surface area contributed by atoms with Crippen LogP contribution in [-0.2, 0) is 0 Å². The zero-order valence-electron chi connectivity index (χ0n) is 9.13. The van der Waals surface area contributed by atoms with Gasteiger partial charge in [0.1, 0.15) is 0 Å². The molecular formula is C12H17ClIN. The molecule has 0 aliphatic heterocycles. The number of hydrogen-bond acceptors (Lipinski definition) is 1. The second-order valence-corrected chi connectivity index (χ2v) is 5.35. The Morgan fingerprint density at radius 1 is 1.33 bits per heavy atom. The van der Waals surface area contributed by atoms with Gasteiger partial charge in [-0.1, -0.05) is 44.4 Å². The van der Waals surface area contributed by atoms with Gasteiger partial charge in [0.05, 0.1) is 5.02 Å². The molecule has 2 N–H and O–H groups in total. The third kappa shape index (κ3) is 3.33. The molecule has 0 saturated carbocycles. The van der Waals surface area contributed by atoms with Crippen LogP contribution in [0, 0.1) is 9.49 Å². The summed E-state index contributed by atoms with van der Waals surface area (Å²) in [7, 11) is 0. The summed E-state index contributed by atoms with van der Waals surface area (Å²) in [6, 6.07) is 6.21. The Kier molecular flexibility index (Phi) is 5.36. The fourth-order valence-corrected chi connectivity index (χ4v) is 2.31. The third-order valence-electron chi connectivity index (χ3n) is 2.89. The molecule has 0 saturated heterocycles. The van der Waals surface area contributed by atoms with E-state index in [9.17, 15) is 0 Å². The van der Waals surface area contributed by atoms with Gasteiger partial charge in [0.25, 0.3) is 0 Å². The van der Waals surface area contributed by atoms with Crippen LogP contribution in [0.3, 0.4) is 0 Å². The predicted molar refractivity (Wildman–Crippen MR) is 75.2 cm³/mol. The first-order valence-corrected chi connectivity index (χ1v) is 6.76. The molecule has 0 bridgehead atoms. The maximum absolute atomic E-state index is 6.22. The Labute approximate surface area is 111 Å².